The molecule has 0 aliphatic heterocycles. The lowest BCUT2D eigenvalue weighted by Crippen LogP contribution is -2.01. The zero-order chi connectivity index (χ0) is 12.3. The number of ether oxygens (including phenoxy) is 1. The van der Waals surface area contributed by atoms with Crippen molar-refractivity contribution in [3.05, 3.63) is 44.8 Å². The van der Waals surface area contributed by atoms with Crippen molar-refractivity contribution < 1.29 is 14.6 Å². The zero-order valence-corrected chi connectivity index (χ0v) is 11.0. The molecule has 88 valence electrons. The van der Waals surface area contributed by atoms with E-state index in [4.69, 9.17) is 9.84 Å². The maximum atomic E-state index is 10.9. The first-order valence-corrected chi connectivity index (χ1v) is 6.37. The van der Waals surface area contributed by atoms with Gasteiger partial charge >= 0.3 is 5.97 Å². The Hall–Kier alpha value is -1.40. The quantitative estimate of drug-likeness (QED) is 0.941. The first-order valence-electron chi connectivity index (χ1n) is 4.70. The number of carbonyl (C=O) groups is 1. The summed E-state index contributed by atoms with van der Waals surface area (Å²) in [4.78, 5) is 15.2. The maximum absolute atomic E-state index is 10.9. The molecule has 0 bridgehead atoms. The Labute approximate surface area is 110 Å². The topological polar surface area (TPSA) is 59.4 Å². The predicted molar refractivity (Wildman–Crippen MR) is 67.5 cm³/mol. The van der Waals surface area contributed by atoms with Crippen LogP contribution in [0.3, 0.4) is 0 Å². The molecule has 2 heterocycles. The standard InChI is InChI=1S/C11H8BrNO3S/c12-8-3-9(5-13-4-8)16-6-7-1-2-17-10(7)11(14)15/h1-5H,6H2,(H,14,15). The molecule has 0 atom stereocenters. The highest BCUT2D eigenvalue weighted by molar-refractivity contribution is 9.10. The summed E-state index contributed by atoms with van der Waals surface area (Å²) in [7, 11) is 0. The molecule has 0 saturated heterocycles. The Bertz CT molecular complexity index is 541. The van der Waals surface area contributed by atoms with Gasteiger partial charge in [-0.25, -0.2) is 4.79 Å². The number of carboxylic acids is 1. The highest BCUT2D eigenvalue weighted by atomic mass is 79.9. The minimum absolute atomic E-state index is 0.225. The summed E-state index contributed by atoms with van der Waals surface area (Å²) >= 11 is 4.48. The Morgan fingerprint density at radius 3 is 3.06 bits per heavy atom. The zero-order valence-electron chi connectivity index (χ0n) is 8.59. The van der Waals surface area contributed by atoms with E-state index < -0.39 is 5.97 Å². The summed E-state index contributed by atoms with van der Waals surface area (Å²) in [6, 6.07) is 3.53. The van der Waals surface area contributed by atoms with Crippen LogP contribution in [0.2, 0.25) is 0 Å². The summed E-state index contributed by atoms with van der Waals surface area (Å²) in [6.07, 6.45) is 3.23. The lowest BCUT2D eigenvalue weighted by Gasteiger charge is -2.05. The second-order valence-electron chi connectivity index (χ2n) is 3.21. The van der Waals surface area contributed by atoms with Crippen molar-refractivity contribution in [3.63, 3.8) is 0 Å². The van der Waals surface area contributed by atoms with Gasteiger partial charge in [-0.15, -0.1) is 11.3 Å². The molecule has 0 aliphatic rings. The van der Waals surface area contributed by atoms with Crippen molar-refractivity contribution in [2.45, 2.75) is 6.61 Å². The molecular weight excluding hydrogens is 306 g/mol. The number of thiophene rings is 1. The first kappa shape index (κ1) is 12.1. The third-order valence-corrected chi connectivity index (χ3v) is 3.39. The fraction of sp³-hybridized carbons (Fsp3) is 0.0909. The summed E-state index contributed by atoms with van der Waals surface area (Å²) < 4.78 is 6.29. The van der Waals surface area contributed by atoms with Gasteiger partial charge in [-0.3, -0.25) is 4.98 Å². The highest BCUT2D eigenvalue weighted by Crippen LogP contribution is 2.21. The average Bonchev–Trinajstić information content (AvgIpc) is 2.74. The SMILES string of the molecule is O=C(O)c1sccc1COc1cncc(Br)c1. The molecule has 1 N–H and O–H groups in total. The summed E-state index contributed by atoms with van der Waals surface area (Å²) in [5, 5.41) is 10.7. The number of hydrogen-bond acceptors (Lipinski definition) is 4. The van der Waals surface area contributed by atoms with Gasteiger partial charge in [0.25, 0.3) is 0 Å². The Morgan fingerprint density at radius 2 is 2.35 bits per heavy atom. The fourth-order valence-electron chi connectivity index (χ4n) is 1.27. The van der Waals surface area contributed by atoms with Crippen molar-refractivity contribution >= 4 is 33.2 Å². The molecule has 0 saturated carbocycles. The van der Waals surface area contributed by atoms with Gasteiger partial charge in [-0.2, -0.15) is 0 Å². The van der Waals surface area contributed by atoms with E-state index in [0.29, 0.717) is 16.2 Å². The van der Waals surface area contributed by atoms with Crippen LogP contribution in [0.25, 0.3) is 0 Å². The van der Waals surface area contributed by atoms with E-state index in [9.17, 15) is 4.79 Å². The van der Waals surface area contributed by atoms with E-state index in [-0.39, 0.29) is 6.61 Å². The van der Waals surface area contributed by atoms with Crippen molar-refractivity contribution in [1.82, 2.24) is 4.98 Å². The lowest BCUT2D eigenvalue weighted by atomic mass is 10.3. The summed E-state index contributed by atoms with van der Waals surface area (Å²) in [5.74, 6) is -0.326. The van der Waals surface area contributed by atoms with Crippen LogP contribution in [-0.2, 0) is 6.61 Å². The van der Waals surface area contributed by atoms with Gasteiger partial charge in [-0.05, 0) is 33.4 Å². The van der Waals surface area contributed by atoms with Crippen LogP contribution in [0.4, 0.5) is 0 Å². The van der Waals surface area contributed by atoms with Crippen LogP contribution < -0.4 is 4.74 Å². The normalized spacial score (nSPS) is 10.2. The van der Waals surface area contributed by atoms with E-state index >= 15 is 0 Å². The number of rotatable bonds is 4. The van der Waals surface area contributed by atoms with Crippen molar-refractivity contribution in [1.29, 1.82) is 0 Å². The van der Waals surface area contributed by atoms with Gasteiger partial charge in [0.05, 0.1) is 6.20 Å². The van der Waals surface area contributed by atoms with Crippen LogP contribution in [0, 0.1) is 0 Å². The van der Waals surface area contributed by atoms with Gasteiger partial charge in [0.2, 0.25) is 0 Å². The maximum Gasteiger partial charge on any atom is 0.346 e. The number of carboxylic acid groups (broad SMARTS) is 1. The molecule has 0 aliphatic carbocycles. The van der Waals surface area contributed by atoms with E-state index in [1.54, 1.807) is 29.9 Å². The van der Waals surface area contributed by atoms with E-state index in [1.807, 2.05) is 0 Å². The third kappa shape index (κ3) is 3.04. The van der Waals surface area contributed by atoms with Crippen LogP contribution in [0.15, 0.2) is 34.4 Å². The number of pyridine rings is 1. The predicted octanol–water partition coefficient (Wildman–Crippen LogP) is 3.18. The molecule has 4 nitrogen and oxygen atoms in total. The summed E-state index contributed by atoms with van der Waals surface area (Å²) in [6.45, 7) is 0.225. The molecule has 0 spiro atoms. The van der Waals surface area contributed by atoms with Gasteiger partial charge in [0, 0.05) is 16.2 Å². The van der Waals surface area contributed by atoms with Crippen molar-refractivity contribution in [2.24, 2.45) is 0 Å². The van der Waals surface area contributed by atoms with Gasteiger partial charge in [0.15, 0.2) is 0 Å². The van der Waals surface area contributed by atoms with E-state index in [0.717, 1.165) is 4.47 Å². The fourth-order valence-corrected chi connectivity index (χ4v) is 2.36. The number of aromatic carboxylic acids is 1. The van der Waals surface area contributed by atoms with Gasteiger partial charge in [0.1, 0.15) is 17.2 Å². The second-order valence-corrected chi connectivity index (χ2v) is 5.04. The summed E-state index contributed by atoms with van der Waals surface area (Å²) in [5.41, 5.74) is 0.669. The molecule has 0 unspecified atom stereocenters. The second kappa shape index (κ2) is 5.29. The van der Waals surface area contributed by atoms with Gasteiger partial charge < -0.3 is 9.84 Å². The average molecular weight is 314 g/mol. The number of hydrogen-bond donors (Lipinski definition) is 1. The van der Waals surface area contributed by atoms with E-state index in [1.165, 1.54) is 11.3 Å². The molecule has 17 heavy (non-hydrogen) atoms. The van der Waals surface area contributed by atoms with Crippen LogP contribution in [0.1, 0.15) is 15.2 Å². The molecule has 0 radical (unpaired) electrons. The molecule has 0 aromatic carbocycles. The first-order chi connectivity index (χ1) is 8.16. The Balaban J connectivity index is 2.07. The van der Waals surface area contributed by atoms with Crippen LogP contribution in [0.5, 0.6) is 5.75 Å². The molecule has 2 rings (SSSR count). The molecule has 0 fully saturated rings. The Morgan fingerprint density at radius 1 is 1.53 bits per heavy atom. The molecular formula is C11H8BrNO3S. The third-order valence-electron chi connectivity index (χ3n) is 2.02. The van der Waals surface area contributed by atoms with Crippen LogP contribution in [-0.4, -0.2) is 16.1 Å². The van der Waals surface area contributed by atoms with E-state index in [2.05, 4.69) is 20.9 Å². The van der Waals surface area contributed by atoms with Crippen molar-refractivity contribution in [3.8, 4) is 5.75 Å². The van der Waals surface area contributed by atoms with Crippen molar-refractivity contribution in [2.75, 3.05) is 0 Å². The monoisotopic (exact) mass is 313 g/mol. The highest BCUT2D eigenvalue weighted by Gasteiger charge is 2.11. The molecule has 6 heteroatoms. The van der Waals surface area contributed by atoms with Gasteiger partial charge in [-0.1, -0.05) is 0 Å². The Kier molecular flexibility index (Phi) is 3.75. The number of halogens is 1. The van der Waals surface area contributed by atoms with Crippen LogP contribution >= 0.6 is 27.3 Å². The lowest BCUT2D eigenvalue weighted by molar-refractivity contribution is 0.0699. The largest absolute Gasteiger partial charge is 0.487 e. The minimum Gasteiger partial charge on any atom is -0.487 e. The minimum atomic E-state index is -0.925. The smallest absolute Gasteiger partial charge is 0.346 e. The molecule has 0 amide bonds. The number of aromatic nitrogens is 1. The number of nitrogens with zero attached hydrogens (tertiary/aromatic N) is 1. The molecule has 2 aromatic heterocycles. The molecule has 2 aromatic rings.